The second kappa shape index (κ2) is 7.13. The Labute approximate surface area is 154 Å². The first kappa shape index (κ1) is 16.5. The van der Waals surface area contributed by atoms with Gasteiger partial charge in [0.1, 0.15) is 4.88 Å². The van der Waals surface area contributed by atoms with E-state index >= 15 is 0 Å². The van der Waals surface area contributed by atoms with Crippen molar-refractivity contribution < 1.29 is 14.3 Å². The van der Waals surface area contributed by atoms with E-state index in [1.807, 2.05) is 25.1 Å². The quantitative estimate of drug-likeness (QED) is 0.746. The standard InChI is InChI=1S/C19H17N3O3S/c1-12-18(26-17(21-12)8-6-13-4-2-3-9-20-13)19(23)22-14-5-7-15-16(10-14)25-11-24-15/h2-5,7,9-10H,6,8,11H2,1H3,(H,22,23). The molecule has 4 rings (SSSR count). The van der Waals surface area contributed by atoms with Crippen LogP contribution in [0.5, 0.6) is 11.5 Å². The minimum absolute atomic E-state index is 0.164. The first-order valence-corrected chi connectivity index (χ1v) is 9.08. The number of thiazole rings is 1. The summed E-state index contributed by atoms with van der Waals surface area (Å²) in [5.74, 6) is 1.16. The molecule has 0 saturated heterocycles. The number of aryl methyl sites for hydroxylation is 3. The number of fused-ring (bicyclic) bond motifs is 1. The molecule has 1 N–H and O–H groups in total. The van der Waals surface area contributed by atoms with Gasteiger partial charge in [0.15, 0.2) is 11.5 Å². The van der Waals surface area contributed by atoms with Crippen LogP contribution in [0.4, 0.5) is 5.69 Å². The van der Waals surface area contributed by atoms with E-state index < -0.39 is 0 Å². The van der Waals surface area contributed by atoms with E-state index in [2.05, 4.69) is 15.3 Å². The van der Waals surface area contributed by atoms with Crippen molar-refractivity contribution in [3.63, 3.8) is 0 Å². The maximum absolute atomic E-state index is 12.6. The van der Waals surface area contributed by atoms with Gasteiger partial charge in [0.2, 0.25) is 6.79 Å². The number of rotatable bonds is 5. The molecule has 0 unspecified atom stereocenters. The molecule has 0 saturated carbocycles. The molecule has 132 valence electrons. The Bertz CT molecular complexity index is 940. The third-order valence-electron chi connectivity index (χ3n) is 4.00. The monoisotopic (exact) mass is 367 g/mol. The SMILES string of the molecule is Cc1nc(CCc2ccccn2)sc1C(=O)Nc1ccc2c(c1)OCO2. The number of pyridine rings is 1. The van der Waals surface area contributed by atoms with E-state index in [0.717, 1.165) is 29.2 Å². The summed E-state index contributed by atoms with van der Waals surface area (Å²) in [5, 5.41) is 3.83. The van der Waals surface area contributed by atoms with Crippen molar-refractivity contribution in [1.82, 2.24) is 9.97 Å². The van der Waals surface area contributed by atoms with Crippen LogP contribution >= 0.6 is 11.3 Å². The Morgan fingerprint density at radius 2 is 2.08 bits per heavy atom. The van der Waals surface area contributed by atoms with Crippen LogP contribution in [0.15, 0.2) is 42.6 Å². The Balaban J connectivity index is 1.44. The Hall–Kier alpha value is -2.93. The third kappa shape index (κ3) is 3.52. The number of anilines is 1. The van der Waals surface area contributed by atoms with Crippen LogP contribution in [0.2, 0.25) is 0 Å². The summed E-state index contributed by atoms with van der Waals surface area (Å²) in [7, 11) is 0. The van der Waals surface area contributed by atoms with Gasteiger partial charge in [-0.15, -0.1) is 11.3 Å². The number of aromatic nitrogens is 2. The zero-order valence-electron chi connectivity index (χ0n) is 14.2. The molecule has 2 aromatic heterocycles. The van der Waals surface area contributed by atoms with Gasteiger partial charge in [-0.3, -0.25) is 9.78 Å². The average molecular weight is 367 g/mol. The van der Waals surface area contributed by atoms with Crippen LogP contribution < -0.4 is 14.8 Å². The van der Waals surface area contributed by atoms with Gasteiger partial charge in [0.05, 0.1) is 10.7 Å². The van der Waals surface area contributed by atoms with Crippen LogP contribution in [0.1, 0.15) is 26.1 Å². The normalized spacial score (nSPS) is 12.2. The number of ether oxygens (including phenoxy) is 2. The van der Waals surface area contributed by atoms with Crippen LogP contribution in [0.25, 0.3) is 0 Å². The maximum Gasteiger partial charge on any atom is 0.267 e. The molecule has 0 aliphatic carbocycles. The number of amides is 1. The molecular weight excluding hydrogens is 350 g/mol. The minimum Gasteiger partial charge on any atom is -0.454 e. The number of carbonyl (C=O) groups is 1. The van der Waals surface area contributed by atoms with Crippen LogP contribution in [0.3, 0.4) is 0 Å². The van der Waals surface area contributed by atoms with Crippen molar-refractivity contribution in [1.29, 1.82) is 0 Å². The van der Waals surface area contributed by atoms with Crippen molar-refractivity contribution in [2.24, 2.45) is 0 Å². The maximum atomic E-state index is 12.6. The highest BCUT2D eigenvalue weighted by Gasteiger charge is 2.18. The first-order chi connectivity index (χ1) is 12.7. The Morgan fingerprint density at radius 1 is 1.19 bits per heavy atom. The van der Waals surface area contributed by atoms with Crippen molar-refractivity contribution >= 4 is 22.9 Å². The lowest BCUT2D eigenvalue weighted by Gasteiger charge is -2.05. The van der Waals surface area contributed by atoms with Crippen molar-refractivity contribution in [2.75, 3.05) is 12.1 Å². The molecule has 1 aromatic carbocycles. The predicted octanol–water partition coefficient (Wildman–Crippen LogP) is 3.61. The summed E-state index contributed by atoms with van der Waals surface area (Å²) in [6.07, 6.45) is 3.35. The summed E-state index contributed by atoms with van der Waals surface area (Å²) in [6.45, 7) is 2.07. The summed E-state index contributed by atoms with van der Waals surface area (Å²) in [6, 6.07) is 11.2. The molecule has 1 aliphatic rings. The van der Waals surface area contributed by atoms with E-state index in [0.29, 0.717) is 22.1 Å². The van der Waals surface area contributed by atoms with Gasteiger partial charge in [-0.2, -0.15) is 0 Å². The van der Waals surface area contributed by atoms with E-state index in [-0.39, 0.29) is 12.7 Å². The lowest BCUT2D eigenvalue weighted by Crippen LogP contribution is -2.11. The largest absolute Gasteiger partial charge is 0.454 e. The molecule has 1 amide bonds. The zero-order chi connectivity index (χ0) is 17.9. The van der Waals surface area contributed by atoms with Gasteiger partial charge in [-0.05, 0) is 37.6 Å². The third-order valence-corrected chi connectivity index (χ3v) is 5.21. The smallest absolute Gasteiger partial charge is 0.267 e. The number of nitrogens with zero attached hydrogens (tertiary/aromatic N) is 2. The fraction of sp³-hybridized carbons (Fsp3) is 0.211. The lowest BCUT2D eigenvalue weighted by molar-refractivity contribution is 0.103. The van der Waals surface area contributed by atoms with Gasteiger partial charge >= 0.3 is 0 Å². The molecule has 26 heavy (non-hydrogen) atoms. The Morgan fingerprint density at radius 3 is 2.92 bits per heavy atom. The number of hydrogen-bond donors (Lipinski definition) is 1. The average Bonchev–Trinajstić information content (AvgIpc) is 3.26. The molecule has 3 heterocycles. The molecule has 0 fully saturated rings. The molecule has 7 heteroatoms. The summed E-state index contributed by atoms with van der Waals surface area (Å²) >= 11 is 1.42. The topological polar surface area (TPSA) is 73.3 Å². The molecule has 3 aromatic rings. The predicted molar refractivity (Wildman–Crippen MR) is 99.0 cm³/mol. The highest BCUT2D eigenvalue weighted by molar-refractivity contribution is 7.13. The van der Waals surface area contributed by atoms with Crippen LogP contribution in [0, 0.1) is 6.92 Å². The van der Waals surface area contributed by atoms with Crippen molar-refractivity contribution in [2.45, 2.75) is 19.8 Å². The summed E-state index contributed by atoms with van der Waals surface area (Å²) < 4.78 is 10.6. The lowest BCUT2D eigenvalue weighted by atomic mass is 10.2. The van der Waals surface area contributed by atoms with Gasteiger partial charge in [-0.1, -0.05) is 6.07 Å². The summed E-state index contributed by atoms with van der Waals surface area (Å²) in [4.78, 5) is 22.1. The number of carbonyl (C=O) groups excluding carboxylic acids is 1. The minimum atomic E-state index is -0.164. The van der Waals surface area contributed by atoms with Crippen LogP contribution in [-0.4, -0.2) is 22.7 Å². The van der Waals surface area contributed by atoms with Crippen molar-refractivity contribution in [3.8, 4) is 11.5 Å². The molecule has 6 nitrogen and oxygen atoms in total. The Kier molecular flexibility index (Phi) is 4.53. The summed E-state index contributed by atoms with van der Waals surface area (Å²) in [5.41, 5.74) is 2.43. The van der Waals surface area contributed by atoms with Gasteiger partial charge in [0, 0.05) is 30.1 Å². The van der Waals surface area contributed by atoms with Crippen molar-refractivity contribution in [3.05, 3.63) is 63.9 Å². The fourth-order valence-corrected chi connectivity index (χ4v) is 3.67. The first-order valence-electron chi connectivity index (χ1n) is 8.26. The molecule has 0 atom stereocenters. The van der Waals surface area contributed by atoms with E-state index in [4.69, 9.17) is 9.47 Å². The second-order valence-corrected chi connectivity index (χ2v) is 6.95. The van der Waals surface area contributed by atoms with Gasteiger partial charge < -0.3 is 14.8 Å². The van der Waals surface area contributed by atoms with Crippen LogP contribution in [-0.2, 0) is 12.8 Å². The highest BCUT2D eigenvalue weighted by Crippen LogP contribution is 2.34. The fourth-order valence-electron chi connectivity index (χ4n) is 2.71. The van der Waals surface area contributed by atoms with E-state index in [9.17, 15) is 4.79 Å². The number of nitrogens with one attached hydrogen (secondary N) is 1. The second-order valence-electron chi connectivity index (χ2n) is 5.87. The molecule has 0 radical (unpaired) electrons. The molecule has 0 spiro atoms. The molecule has 1 aliphatic heterocycles. The number of hydrogen-bond acceptors (Lipinski definition) is 6. The zero-order valence-corrected chi connectivity index (χ0v) is 15.0. The van der Waals surface area contributed by atoms with E-state index in [1.54, 1.807) is 24.4 Å². The number of benzene rings is 1. The van der Waals surface area contributed by atoms with Gasteiger partial charge in [-0.25, -0.2) is 4.98 Å². The molecule has 0 bridgehead atoms. The highest BCUT2D eigenvalue weighted by atomic mass is 32.1. The van der Waals surface area contributed by atoms with E-state index in [1.165, 1.54) is 11.3 Å². The van der Waals surface area contributed by atoms with Gasteiger partial charge in [0.25, 0.3) is 5.91 Å². The molecular formula is C19H17N3O3S.